The van der Waals surface area contributed by atoms with Crippen LogP contribution >= 0.6 is 0 Å². The highest BCUT2D eigenvalue weighted by Gasteiger charge is 2.12. The molecule has 94 valence electrons. The normalized spacial score (nSPS) is 16.5. The molecule has 0 aromatic carbocycles. The van der Waals surface area contributed by atoms with Crippen LogP contribution in [0.4, 0.5) is 5.82 Å². The van der Waals surface area contributed by atoms with Crippen LogP contribution in [0.25, 0.3) is 0 Å². The summed E-state index contributed by atoms with van der Waals surface area (Å²) >= 11 is 0. The van der Waals surface area contributed by atoms with Crippen LogP contribution in [0, 0.1) is 0 Å². The molecule has 0 spiro atoms. The third-order valence-electron chi connectivity index (χ3n) is 3.06. The van der Waals surface area contributed by atoms with Crippen LogP contribution in [0.5, 0.6) is 0 Å². The molecular formula is C13H22N4. The van der Waals surface area contributed by atoms with Crippen molar-refractivity contribution in [1.82, 2.24) is 15.3 Å². The topological polar surface area (TPSA) is 41.1 Å². The molecule has 2 rings (SSSR count). The first-order chi connectivity index (χ1) is 8.25. The monoisotopic (exact) mass is 234 g/mol. The average molecular weight is 234 g/mol. The van der Waals surface area contributed by atoms with E-state index in [1.54, 1.807) is 0 Å². The van der Waals surface area contributed by atoms with Gasteiger partial charge in [0, 0.05) is 25.7 Å². The lowest BCUT2D eigenvalue weighted by Crippen LogP contribution is -2.30. The Labute approximate surface area is 103 Å². The number of rotatable bonds is 4. The Morgan fingerprint density at radius 1 is 1.18 bits per heavy atom. The summed E-state index contributed by atoms with van der Waals surface area (Å²) in [6, 6.07) is 0.485. The lowest BCUT2D eigenvalue weighted by atomic mass is 10.1. The number of hydrogen-bond acceptors (Lipinski definition) is 4. The number of piperidine rings is 1. The van der Waals surface area contributed by atoms with Crippen LogP contribution in [0.3, 0.4) is 0 Å². The Morgan fingerprint density at radius 2 is 1.94 bits per heavy atom. The van der Waals surface area contributed by atoms with Gasteiger partial charge in [-0.25, -0.2) is 4.98 Å². The maximum atomic E-state index is 4.50. The molecule has 1 aromatic rings. The van der Waals surface area contributed by atoms with Crippen LogP contribution in [-0.4, -0.2) is 29.1 Å². The van der Waals surface area contributed by atoms with Crippen LogP contribution in [-0.2, 0) is 6.54 Å². The van der Waals surface area contributed by atoms with Crippen molar-refractivity contribution in [2.75, 3.05) is 18.0 Å². The van der Waals surface area contributed by atoms with E-state index in [0.29, 0.717) is 6.04 Å². The van der Waals surface area contributed by atoms with Crippen LogP contribution < -0.4 is 10.2 Å². The summed E-state index contributed by atoms with van der Waals surface area (Å²) in [6.07, 6.45) is 7.69. The number of anilines is 1. The minimum absolute atomic E-state index is 0.485. The predicted octanol–water partition coefficient (Wildman–Crippen LogP) is 1.96. The van der Waals surface area contributed by atoms with Gasteiger partial charge in [-0.05, 0) is 19.3 Å². The van der Waals surface area contributed by atoms with Gasteiger partial charge in [0.1, 0.15) is 5.82 Å². The van der Waals surface area contributed by atoms with Crippen molar-refractivity contribution >= 4 is 5.82 Å². The zero-order chi connectivity index (χ0) is 12.1. The zero-order valence-electron chi connectivity index (χ0n) is 10.8. The van der Waals surface area contributed by atoms with Gasteiger partial charge in [0.05, 0.1) is 18.1 Å². The number of hydrogen-bond donors (Lipinski definition) is 1. The zero-order valence-corrected chi connectivity index (χ0v) is 10.8. The summed E-state index contributed by atoms with van der Waals surface area (Å²) < 4.78 is 0. The van der Waals surface area contributed by atoms with E-state index in [0.717, 1.165) is 31.1 Å². The molecule has 0 bridgehead atoms. The second-order valence-electron chi connectivity index (χ2n) is 4.95. The first kappa shape index (κ1) is 12.3. The summed E-state index contributed by atoms with van der Waals surface area (Å²) in [7, 11) is 0. The van der Waals surface area contributed by atoms with Crippen molar-refractivity contribution in [3.05, 3.63) is 18.1 Å². The maximum Gasteiger partial charge on any atom is 0.147 e. The standard InChI is InChI=1S/C13H22N4/c1-11(2)14-8-12-9-16-13(10-15-12)17-6-4-3-5-7-17/h9-11,14H,3-8H2,1-2H3. The van der Waals surface area contributed by atoms with Crippen LogP contribution in [0.15, 0.2) is 12.4 Å². The molecule has 0 saturated carbocycles. The van der Waals surface area contributed by atoms with Gasteiger partial charge in [0.15, 0.2) is 0 Å². The maximum absolute atomic E-state index is 4.50. The lowest BCUT2D eigenvalue weighted by molar-refractivity contribution is 0.568. The molecule has 1 aliphatic rings. The first-order valence-electron chi connectivity index (χ1n) is 6.55. The highest BCUT2D eigenvalue weighted by atomic mass is 15.2. The van der Waals surface area contributed by atoms with Crippen LogP contribution in [0.1, 0.15) is 38.8 Å². The summed E-state index contributed by atoms with van der Waals surface area (Å²) in [5.74, 6) is 1.03. The molecule has 2 heterocycles. The third-order valence-corrected chi connectivity index (χ3v) is 3.06. The molecule has 0 radical (unpaired) electrons. The number of aromatic nitrogens is 2. The van der Waals surface area contributed by atoms with E-state index in [2.05, 4.69) is 34.0 Å². The second-order valence-corrected chi connectivity index (χ2v) is 4.95. The molecule has 0 aliphatic carbocycles. The van der Waals surface area contributed by atoms with E-state index >= 15 is 0 Å². The molecule has 1 aromatic heterocycles. The van der Waals surface area contributed by atoms with Crippen molar-refractivity contribution in [2.45, 2.75) is 45.7 Å². The summed E-state index contributed by atoms with van der Waals surface area (Å²) in [4.78, 5) is 11.3. The largest absolute Gasteiger partial charge is 0.355 e. The molecule has 4 nitrogen and oxygen atoms in total. The van der Waals surface area contributed by atoms with E-state index in [4.69, 9.17) is 0 Å². The van der Waals surface area contributed by atoms with Gasteiger partial charge in [-0.15, -0.1) is 0 Å². The van der Waals surface area contributed by atoms with E-state index in [1.165, 1.54) is 19.3 Å². The molecule has 17 heavy (non-hydrogen) atoms. The number of nitrogens with zero attached hydrogens (tertiary/aromatic N) is 3. The van der Waals surface area contributed by atoms with E-state index in [-0.39, 0.29) is 0 Å². The quantitative estimate of drug-likeness (QED) is 0.864. The molecular weight excluding hydrogens is 212 g/mol. The summed E-state index contributed by atoms with van der Waals surface area (Å²) in [5, 5.41) is 3.34. The highest BCUT2D eigenvalue weighted by molar-refractivity contribution is 5.36. The van der Waals surface area contributed by atoms with Gasteiger partial charge in [-0.3, -0.25) is 4.98 Å². The van der Waals surface area contributed by atoms with Crippen molar-refractivity contribution in [3.8, 4) is 0 Å². The fourth-order valence-electron chi connectivity index (χ4n) is 2.03. The van der Waals surface area contributed by atoms with Gasteiger partial charge in [-0.2, -0.15) is 0 Å². The molecule has 4 heteroatoms. The Balaban J connectivity index is 1.92. The van der Waals surface area contributed by atoms with Crippen molar-refractivity contribution in [1.29, 1.82) is 0 Å². The molecule has 1 saturated heterocycles. The molecule has 0 unspecified atom stereocenters. The summed E-state index contributed by atoms with van der Waals surface area (Å²) in [5.41, 5.74) is 1.01. The fourth-order valence-corrected chi connectivity index (χ4v) is 2.03. The predicted molar refractivity (Wildman–Crippen MR) is 70.1 cm³/mol. The lowest BCUT2D eigenvalue weighted by Gasteiger charge is -2.27. The summed E-state index contributed by atoms with van der Waals surface area (Å²) in [6.45, 7) is 7.31. The van der Waals surface area contributed by atoms with Gasteiger partial charge >= 0.3 is 0 Å². The molecule has 1 aliphatic heterocycles. The van der Waals surface area contributed by atoms with Gasteiger partial charge < -0.3 is 10.2 Å². The smallest absolute Gasteiger partial charge is 0.147 e. The third kappa shape index (κ3) is 3.66. The first-order valence-corrected chi connectivity index (χ1v) is 6.55. The molecule has 1 fully saturated rings. The molecule has 1 N–H and O–H groups in total. The van der Waals surface area contributed by atoms with Gasteiger partial charge in [0.2, 0.25) is 0 Å². The molecule has 0 amide bonds. The minimum Gasteiger partial charge on any atom is -0.355 e. The van der Waals surface area contributed by atoms with Crippen molar-refractivity contribution in [2.24, 2.45) is 0 Å². The van der Waals surface area contributed by atoms with Crippen molar-refractivity contribution in [3.63, 3.8) is 0 Å². The average Bonchev–Trinajstić information content (AvgIpc) is 2.38. The molecule has 0 atom stereocenters. The van der Waals surface area contributed by atoms with Crippen molar-refractivity contribution < 1.29 is 0 Å². The minimum atomic E-state index is 0.485. The Hall–Kier alpha value is -1.16. The van der Waals surface area contributed by atoms with Gasteiger partial charge in [-0.1, -0.05) is 13.8 Å². The van der Waals surface area contributed by atoms with Gasteiger partial charge in [0.25, 0.3) is 0 Å². The second kappa shape index (κ2) is 5.96. The van der Waals surface area contributed by atoms with E-state index in [9.17, 15) is 0 Å². The number of nitrogens with one attached hydrogen (secondary N) is 1. The Morgan fingerprint density at radius 3 is 2.53 bits per heavy atom. The Kier molecular flexibility index (Phi) is 4.31. The Bertz CT molecular complexity index is 328. The van der Waals surface area contributed by atoms with Crippen LogP contribution in [0.2, 0.25) is 0 Å². The van der Waals surface area contributed by atoms with E-state index in [1.807, 2.05) is 12.4 Å². The van der Waals surface area contributed by atoms with E-state index < -0.39 is 0 Å². The SMILES string of the molecule is CC(C)NCc1cnc(N2CCCCC2)cn1. The fraction of sp³-hybridized carbons (Fsp3) is 0.692. The highest BCUT2D eigenvalue weighted by Crippen LogP contribution is 2.16.